The Hall–Kier alpha value is -1.74. The minimum Gasteiger partial charge on any atom is -0.493 e. The lowest BCUT2D eigenvalue weighted by atomic mass is 10.0. The van der Waals surface area contributed by atoms with Gasteiger partial charge in [0, 0.05) is 23.1 Å². The second-order valence-corrected chi connectivity index (χ2v) is 9.01. The van der Waals surface area contributed by atoms with Crippen molar-refractivity contribution in [1.29, 1.82) is 0 Å². The first kappa shape index (κ1) is 21.0. The molecule has 0 aromatic heterocycles. The molecule has 0 atom stereocenters. The average Bonchev–Trinajstić information content (AvgIpc) is 2.71. The maximum absolute atomic E-state index is 11.9. The van der Waals surface area contributed by atoms with Gasteiger partial charge in [-0.1, -0.05) is 23.4 Å². The third kappa shape index (κ3) is 4.30. The van der Waals surface area contributed by atoms with E-state index in [4.69, 9.17) is 21.1 Å². The molecule has 28 heavy (non-hydrogen) atoms. The fraction of sp³-hybridized carbons (Fsp3) is 0.318. The molecule has 0 saturated carbocycles. The van der Waals surface area contributed by atoms with Crippen LogP contribution in [-0.4, -0.2) is 31.7 Å². The zero-order valence-electron chi connectivity index (χ0n) is 16.0. The van der Waals surface area contributed by atoms with Crippen LogP contribution >= 0.6 is 35.1 Å². The Morgan fingerprint density at radius 1 is 1.18 bits per heavy atom. The number of benzene rings is 2. The molecule has 1 heterocycles. The van der Waals surface area contributed by atoms with E-state index in [-0.39, 0.29) is 4.08 Å². The minimum absolute atomic E-state index is 0.00410. The molecule has 3 nitrogen and oxygen atoms in total. The summed E-state index contributed by atoms with van der Waals surface area (Å²) in [6.07, 6.45) is 5.23. The van der Waals surface area contributed by atoms with Gasteiger partial charge < -0.3 is 9.47 Å². The van der Waals surface area contributed by atoms with Crippen molar-refractivity contribution < 1.29 is 14.3 Å². The van der Waals surface area contributed by atoms with Crippen molar-refractivity contribution in [2.24, 2.45) is 0 Å². The standard InChI is InChI=1S/C22H21ClO3S2/c1-4-25-21(24)17-9-7-16(14-19(17)23)6-5-15-8-10-20-18(13-15)22(27-2,28-3)11-12-26-20/h7-10,13-14H,4,11-12H2,1-3H3. The molecule has 0 radical (unpaired) electrons. The lowest BCUT2D eigenvalue weighted by Gasteiger charge is -2.36. The van der Waals surface area contributed by atoms with Gasteiger partial charge >= 0.3 is 5.97 Å². The minimum atomic E-state index is -0.424. The summed E-state index contributed by atoms with van der Waals surface area (Å²) in [5, 5.41) is 0.341. The van der Waals surface area contributed by atoms with Crippen LogP contribution in [0.25, 0.3) is 0 Å². The summed E-state index contributed by atoms with van der Waals surface area (Å²) in [6, 6.07) is 11.2. The Balaban J connectivity index is 1.89. The Morgan fingerprint density at radius 2 is 1.86 bits per heavy atom. The smallest absolute Gasteiger partial charge is 0.339 e. The summed E-state index contributed by atoms with van der Waals surface area (Å²) in [7, 11) is 0. The molecule has 2 aromatic carbocycles. The lowest BCUT2D eigenvalue weighted by molar-refractivity contribution is 0.0526. The summed E-state index contributed by atoms with van der Waals surface area (Å²) in [5.41, 5.74) is 3.20. The van der Waals surface area contributed by atoms with E-state index in [1.54, 1.807) is 25.1 Å². The maximum Gasteiger partial charge on any atom is 0.339 e. The average molecular weight is 433 g/mol. The van der Waals surface area contributed by atoms with Crippen molar-refractivity contribution >= 4 is 41.1 Å². The van der Waals surface area contributed by atoms with E-state index in [2.05, 4.69) is 30.4 Å². The van der Waals surface area contributed by atoms with Gasteiger partial charge in [-0.15, -0.1) is 23.5 Å². The van der Waals surface area contributed by atoms with Gasteiger partial charge in [0.25, 0.3) is 0 Å². The van der Waals surface area contributed by atoms with Gasteiger partial charge in [-0.3, -0.25) is 0 Å². The Bertz CT molecular complexity index is 943. The number of hydrogen-bond donors (Lipinski definition) is 0. The maximum atomic E-state index is 11.9. The number of ether oxygens (including phenoxy) is 2. The Morgan fingerprint density at radius 3 is 2.50 bits per heavy atom. The van der Waals surface area contributed by atoms with Gasteiger partial charge in [0.2, 0.25) is 0 Å². The van der Waals surface area contributed by atoms with Crippen LogP contribution in [0.1, 0.15) is 40.4 Å². The second-order valence-electron chi connectivity index (χ2n) is 6.14. The number of fused-ring (bicyclic) bond motifs is 1. The highest BCUT2D eigenvalue weighted by Crippen LogP contribution is 2.52. The zero-order chi connectivity index (χ0) is 20.1. The van der Waals surface area contributed by atoms with E-state index in [0.717, 1.165) is 29.9 Å². The summed E-state index contributed by atoms with van der Waals surface area (Å²) < 4.78 is 10.8. The summed E-state index contributed by atoms with van der Waals surface area (Å²) in [5.74, 6) is 6.84. The number of esters is 1. The quantitative estimate of drug-likeness (QED) is 0.358. The highest BCUT2D eigenvalue weighted by molar-refractivity contribution is 8.16. The molecule has 1 aliphatic heterocycles. The molecule has 0 spiro atoms. The predicted octanol–water partition coefficient (Wildman–Crippen LogP) is 5.58. The van der Waals surface area contributed by atoms with Crippen LogP contribution < -0.4 is 4.74 Å². The van der Waals surface area contributed by atoms with Crippen molar-refractivity contribution in [2.75, 3.05) is 25.7 Å². The van der Waals surface area contributed by atoms with Gasteiger partial charge in [-0.25, -0.2) is 4.79 Å². The van der Waals surface area contributed by atoms with Crippen LogP contribution in [0, 0.1) is 11.8 Å². The van der Waals surface area contributed by atoms with Gasteiger partial charge in [0.1, 0.15) is 5.75 Å². The highest BCUT2D eigenvalue weighted by atomic mass is 35.5. The van der Waals surface area contributed by atoms with Crippen LogP contribution in [0.2, 0.25) is 5.02 Å². The van der Waals surface area contributed by atoms with Crippen molar-refractivity contribution in [2.45, 2.75) is 17.4 Å². The molecule has 6 heteroatoms. The number of halogens is 1. The van der Waals surface area contributed by atoms with E-state index in [9.17, 15) is 4.79 Å². The van der Waals surface area contributed by atoms with Gasteiger partial charge in [0.05, 0.1) is 27.9 Å². The van der Waals surface area contributed by atoms with E-state index in [1.165, 1.54) is 5.56 Å². The number of thioether (sulfide) groups is 2. The number of rotatable bonds is 4. The number of carbonyl (C=O) groups excluding carboxylic acids is 1. The predicted molar refractivity (Wildman–Crippen MR) is 119 cm³/mol. The first-order valence-electron chi connectivity index (χ1n) is 8.89. The van der Waals surface area contributed by atoms with Crippen LogP contribution in [-0.2, 0) is 8.82 Å². The van der Waals surface area contributed by atoms with Crippen LogP contribution in [0.3, 0.4) is 0 Å². The monoisotopic (exact) mass is 432 g/mol. The molecule has 0 aliphatic carbocycles. The summed E-state index contributed by atoms with van der Waals surface area (Å²) in [4.78, 5) is 11.9. The first-order valence-corrected chi connectivity index (χ1v) is 11.7. The van der Waals surface area contributed by atoms with Crippen molar-refractivity contribution in [3.05, 3.63) is 63.7 Å². The molecule has 3 rings (SSSR count). The number of carbonyl (C=O) groups is 1. The lowest BCUT2D eigenvalue weighted by Crippen LogP contribution is -2.26. The van der Waals surface area contributed by atoms with Crippen LogP contribution in [0.4, 0.5) is 0 Å². The molecular formula is C22H21ClO3S2. The van der Waals surface area contributed by atoms with Crippen LogP contribution in [0.15, 0.2) is 36.4 Å². The van der Waals surface area contributed by atoms with E-state index >= 15 is 0 Å². The normalized spacial score (nSPS) is 14.3. The van der Waals surface area contributed by atoms with Crippen molar-refractivity contribution in [3.63, 3.8) is 0 Å². The van der Waals surface area contributed by atoms with Crippen LogP contribution in [0.5, 0.6) is 5.75 Å². The second kappa shape index (κ2) is 9.17. The molecule has 146 valence electrons. The molecule has 0 amide bonds. The highest BCUT2D eigenvalue weighted by Gasteiger charge is 2.36. The zero-order valence-corrected chi connectivity index (χ0v) is 18.4. The third-order valence-corrected chi connectivity index (χ3v) is 8.03. The topological polar surface area (TPSA) is 35.5 Å². The fourth-order valence-corrected chi connectivity index (χ4v) is 5.34. The van der Waals surface area contributed by atoms with Gasteiger partial charge in [-0.05, 0) is 55.8 Å². The van der Waals surface area contributed by atoms with Crippen molar-refractivity contribution in [1.82, 2.24) is 0 Å². The molecule has 0 N–H and O–H groups in total. The molecule has 0 bridgehead atoms. The molecule has 0 saturated heterocycles. The summed E-state index contributed by atoms with van der Waals surface area (Å²) in [6.45, 7) is 2.80. The number of hydrogen-bond acceptors (Lipinski definition) is 5. The van der Waals surface area contributed by atoms with E-state index in [0.29, 0.717) is 17.2 Å². The fourth-order valence-electron chi connectivity index (χ4n) is 3.08. The van der Waals surface area contributed by atoms with Gasteiger partial charge in [-0.2, -0.15) is 0 Å². The molecule has 1 aliphatic rings. The Labute approximate surface area is 179 Å². The van der Waals surface area contributed by atoms with Crippen molar-refractivity contribution in [3.8, 4) is 17.6 Å². The molecule has 2 aromatic rings. The van der Waals surface area contributed by atoms with E-state index < -0.39 is 5.97 Å². The first-order chi connectivity index (χ1) is 13.5. The Kier molecular flexibility index (Phi) is 6.87. The molecule has 0 fully saturated rings. The molecular weight excluding hydrogens is 412 g/mol. The summed E-state index contributed by atoms with van der Waals surface area (Å²) >= 11 is 9.91. The molecule has 0 unspecified atom stereocenters. The third-order valence-electron chi connectivity index (χ3n) is 4.55. The SMILES string of the molecule is CCOC(=O)c1ccc(C#Cc2ccc3c(c2)C(SC)(SC)CCO3)cc1Cl. The largest absolute Gasteiger partial charge is 0.493 e. The van der Waals surface area contributed by atoms with Gasteiger partial charge in [0.15, 0.2) is 0 Å². The van der Waals surface area contributed by atoms with E-state index in [1.807, 2.05) is 35.7 Å².